The van der Waals surface area contributed by atoms with E-state index in [1.807, 2.05) is 55.6 Å². The molecule has 0 aliphatic carbocycles. The van der Waals surface area contributed by atoms with E-state index in [0.29, 0.717) is 17.2 Å². The fourth-order valence-electron chi connectivity index (χ4n) is 4.29. The standard InChI is InChI=1S/C26H27N5O2S/c1-4-7-22-24(25(32)31(30-22)26-29-21-8-5-6-9-23(21)34-26)16(2)27-13-12-17-15-28-20-11-10-18(33-3)14-19(17)20/h5-6,8-11,14-15,28,30H,4,7,12-13H2,1-3H3. The summed E-state index contributed by atoms with van der Waals surface area (Å²) in [5, 5.41) is 5.09. The second kappa shape index (κ2) is 9.30. The molecule has 0 spiro atoms. The van der Waals surface area contributed by atoms with Crippen molar-refractivity contribution >= 4 is 38.2 Å². The maximum atomic E-state index is 13.4. The van der Waals surface area contributed by atoms with Crippen LogP contribution >= 0.6 is 11.3 Å². The smallest absolute Gasteiger partial charge is 0.282 e. The van der Waals surface area contributed by atoms with E-state index in [1.54, 1.807) is 11.8 Å². The molecule has 174 valence electrons. The number of H-pyrrole nitrogens is 2. The molecule has 34 heavy (non-hydrogen) atoms. The molecule has 0 unspecified atom stereocenters. The molecule has 2 N–H and O–H groups in total. The van der Waals surface area contributed by atoms with Gasteiger partial charge in [-0.3, -0.25) is 14.9 Å². The highest BCUT2D eigenvalue weighted by atomic mass is 32.1. The molecule has 0 aliphatic rings. The average Bonchev–Trinajstić information content (AvgIpc) is 3.54. The van der Waals surface area contributed by atoms with Crippen LogP contribution in [0.1, 0.15) is 37.1 Å². The quantitative estimate of drug-likeness (QED) is 0.301. The topological polar surface area (TPSA) is 88.1 Å². The minimum atomic E-state index is -0.0967. The molecule has 0 amide bonds. The molecule has 0 radical (unpaired) electrons. The molecule has 5 aromatic rings. The lowest BCUT2D eigenvalue weighted by atomic mass is 10.1. The molecule has 0 atom stereocenters. The molecule has 0 bridgehead atoms. The van der Waals surface area contributed by atoms with Gasteiger partial charge in [0.1, 0.15) is 5.75 Å². The van der Waals surface area contributed by atoms with Crippen molar-refractivity contribution in [3.63, 3.8) is 0 Å². The minimum Gasteiger partial charge on any atom is -0.497 e. The second-order valence-corrected chi connectivity index (χ2v) is 9.27. The molecule has 5 rings (SSSR count). The van der Waals surface area contributed by atoms with Crippen molar-refractivity contribution in [2.75, 3.05) is 13.7 Å². The van der Waals surface area contributed by atoms with Crippen LogP contribution in [0.3, 0.4) is 0 Å². The van der Waals surface area contributed by atoms with Crippen LogP contribution < -0.4 is 10.3 Å². The maximum absolute atomic E-state index is 13.4. The van der Waals surface area contributed by atoms with Crippen molar-refractivity contribution in [3.8, 4) is 10.9 Å². The Morgan fingerprint density at radius 1 is 1.21 bits per heavy atom. The molecule has 3 heterocycles. The Kier molecular flexibility index (Phi) is 6.06. The van der Waals surface area contributed by atoms with E-state index in [4.69, 9.17) is 9.73 Å². The lowest BCUT2D eigenvalue weighted by Crippen LogP contribution is -2.20. The van der Waals surface area contributed by atoms with Crippen LogP contribution in [-0.4, -0.2) is 39.1 Å². The summed E-state index contributed by atoms with van der Waals surface area (Å²) in [6.45, 7) is 4.62. The first-order valence-corrected chi connectivity index (χ1v) is 12.3. The highest BCUT2D eigenvalue weighted by molar-refractivity contribution is 7.20. The van der Waals surface area contributed by atoms with E-state index in [-0.39, 0.29) is 5.56 Å². The number of aromatic nitrogens is 4. The number of aromatic amines is 2. The van der Waals surface area contributed by atoms with Crippen molar-refractivity contribution < 1.29 is 4.74 Å². The number of aliphatic imine (C=N–C) groups is 1. The highest BCUT2D eigenvalue weighted by Crippen LogP contribution is 2.25. The monoisotopic (exact) mass is 473 g/mol. The predicted molar refractivity (Wildman–Crippen MR) is 139 cm³/mol. The van der Waals surface area contributed by atoms with Gasteiger partial charge in [-0.15, -0.1) is 0 Å². The van der Waals surface area contributed by atoms with Gasteiger partial charge in [-0.2, -0.15) is 4.68 Å². The number of hydrogen-bond donors (Lipinski definition) is 2. The van der Waals surface area contributed by atoms with Gasteiger partial charge in [0.25, 0.3) is 5.56 Å². The SMILES string of the molecule is CCCc1[nH]n(-c2nc3ccccc3s2)c(=O)c1C(C)=NCCc1c[nH]c2ccc(OC)cc12. The number of benzene rings is 2. The summed E-state index contributed by atoms with van der Waals surface area (Å²) in [6.07, 6.45) is 4.49. The molecular formula is C26H27N5O2S. The zero-order valence-electron chi connectivity index (χ0n) is 19.5. The number of rotatable bonds is 8. The predicted octanol–water partition coefficient (Wildman–Crippen LogP) is 5.27. The lowest BCUT2D eigenvalue weighted by molar-refractivity contribution is 0.415. The fourth-order valence-corrected chi connectivity index (χ4v) is 5.22. The van der Waals surface area contributed by atoms with E-state index >= 15 is 0 Å². The third-order valence-electron chi connectivity index (χ3n) is 6.01. The van der Waals surface area contributed by atoms with Crippen LogP contribution in [-0.2, 0) is 12.8 Å². The van der Waals surface area contributed by atoms with E-state index < -0.39 is 0 Å². The lowest BCUT2D eigenvalue weighted by Gasteiger charge is -2.03. The first-order valence-electron chi connectivity index (χ1n) is 11.4. The molecule has 3 aromatic heterocycles. The first kappa shape index (κ1) is 22.2. The second-order valence-electron chi connectivity index (χ2n) is 8.26. The summed E-state index contributed by atoms with van der Waals surface area (Å²) in [4.78, 5) is 26.2. The van der Waals surface area contributed by atoms with Crippen LogP contribution in [0.2, 0.25) is 0 Å². The van der Waals surface area contributed by atoms with Crippen molar-refractivity contribution in [1.29, 1.82) is 0 Å². The Morgan fingerprint density at radius 2 is 2.06 bits per heavy atom. The molecule has 0 saturated carbocycles. The molecule has 2 aromatic carbocycles. The van der Waals surface area contributed by atoms with Crippen molar-refractivity contribution in [2.45, 2.75) is 33.1 Å². The summed E-state index contributed by atoms with van der Waals surface area (Å²) in [7, 11) is 1.67. The van der Waals surface area contributed by atoms with E-state index in [2.05, 4.69) is 22.0 Å². The Bertz CT molecular complexity index is 1520. The largest absolute Gasteiger partial charge is 0.497 e. The number of para-hydroxylation sites is 1. The van der Waals surface area contributed by atoms with Gasteiger partial charge in [-0.1, -0.05) is 36.8 Å². The average molecular weight is 474 g/mol. The number of aryl methyl sites for hydroxylation is 1. The summed E-state index contributed by atoms with van der Waals surface area (Å²) in [5.41, 5.74) is 5.36. The number of methoxy groups -OCH3 is 1. The maximum Gasteiger partial charge on any atom is 0.282 e. The minimum absolute atomic E-state index is 0.0967. The number of fused-ring (bicyclic) bond motifs is 2. The highest BCUT2D eigenvalue weighted by Gasteiger charge is 2.19. The van der Waals surface area contributed by atoms with Gasteiger partial charge in [0.15, 0.2) is 0 Å². The van der Waals surface area contributed by atoms with Gasteiger partial charge in [-0.05, 0) is 55.7 Å². The van der Waals surface area contributed by atoms with Gasteiger partial charge in [0, 0.05) is 35.1 Å². The fraction of sp³-hybridized carbons (Fsp3) is 0.269. The van der Waals surface area contributed by atoms with Crippen LogP contribution in [0.15, 0.2) is 58.4 Å². The Balaban J connectivity index is 1.44. The number of nitrogens with zero attached hydrogens (tertiary/aromatic N) is 3. The Hall–Kier alpha value is -3.65. The third-order valence-corrected chi connectivity index (χ3v) is 7.03. The molecule has 0 aliphatic heterocycles. The number of ether oxygens (including phenoxy) is 1. The van der Waals surface area contributed by atoms with Crippen molar-refractivity contribution in [2.24, 2.45) is 4.99 Å². The molecule has 0 saturated heterocycles. The van der Waals surface area contributed by atoms with E-state index in [1.165, 1.54) is 16.9 Å². The Labute approximate surface area is 201 Å². The number of nitrogens with one attached hydrogen (secondary N) is 2. The number of hydrogen-bond acceptors (Lipinski definition) is 5. The van der Waals surface area contributed by atoms with E-state index in [0.717, 1.165) is 57.5 Å². The molecule has 8 heteroatoms. The van der Waals surface area contributed by atoms with Crippen molar-refractivity contribution in [3.05, 3.63) is 75.8 Å². The number of thiazole rings is 1. The van der Waals surface area contributed by atoms with Crippen LogP contribution in [0, 0.1) is 0 Å². The first-order chi connectivity index (χ1) is 16.6. The van der Waals surface area contributed by atoms with Gasteiger partial charge in [0.05, 0.1) is 22.9 Å². The van der Waals surface area contributed by atoms with Crippen LogP contribution in [0.5, 0.6) is 5.75 Å². The normalized spacial score (nSPS) is 12.1. The summed E-state index contributed by atoms with van der Waals surface area (Å²) < 4.78 is 7.99. The van der Waals surface area contributed by atoms with Gasteiger partial charge in [-0.25, -0.2) is 4.98 Å². The summed E-state index contributed by atoms with van der Waals surface area (Å²) >= 11 is 1.50. The van der Waals surface area contributed by atoms with Gasteiger partial charge < -0.3 is 9.72 Å². The summed E-state index contributed by atoms with van der Waals surface area (Å²) in [6, 6.07) is 13.9. The molecule has 7 nitrogen and oxygen atoms in total. The van der Waals surface area contributed by atoms with Crippen molar-refractivity contribution in [1.82, 2.24) is 19.7 Å². The van der Waals surface area contributed by atoms with Crippen LogP contribution in [0.4, 0.5) is 0 Å². The third kappa shape index (κ3) is 4.05. The van der Waals surface area contributed by atoms with E-state index in [9.17, 15) is 4.79 Å². The van der Waals surface area contributed by atoms with Crippen LogP contribution in [0.25, 0.3) is 26.3 Å². The molecular weight excluding hydrogens is 446 g/mol. The summed E-state index contributed by atoms with van der Waals surface area (Å²) in [5.74, 6) is 0.833. The Morgan fingerprint density at radius 3 is 2.85 bits per heavy atom. The molecule has 0 fully saturated rings. The van der Waals surface area contributed by atoms with Gasteiger partial charge in [0.2, 0.25) is 5.13 Å². The zero-order chi connectivity index (χ0) is 23.7. The van der Waals surface area contributed by atoms with Gasteiger partial charge >= 0.3 is 0 Å². The zero-order valence-corrected chi connectivity index (χ0v) is 20.3.